The molecular formula is C12H13Cl2N3. The fourth-order valence-electron chi connectivity index (χ4n) is 1.50. The first-order valence-corrected chi connectivity index (χ1v) is 6.16. The lowest BCUT2D eigenvalue weighted by Crippen LogP contribution is -2.11. The summed E-state index contributed by atoms with van der Waals surface area (Å²) >= 11 is 11.8. The summed E-state index contributed by atoms with van der Waals surface area (Å²) < 4.78 is 0. The topological polar surface area (TPSA) is 40.7 Å². The SMILES string of the molecule is CCNCc1cnc(-c2ccc(Cl)c(Cl)c2)[nH]1. The molecular weight excluding hydrogens is 257 g/mol. The molecule has 0 bridgehead atoms. The second kappa shape index (κ2) is 5.54. The van der Waals surface area contributed by atoms with Crippen molar-refractivity contribution in [3.05, 3.63) is 40.1 Å². The minimum atomic E-state index is 0.536. The van der Waals surface area contributed by atoms with Crippen LogP contribution in [0.15, 0.2) is 24.4 Å². The highest BCUT2D eigenvalue weighted by molar-refractivity contribution is 6.42. The fourth-order valence-corrected chi connectivity index (χ4v) is 1.80. The second-order valence-corrected chi connectivity index (χ2v) is 4.48. The first-order valence-electron chi connectivity index (χ1n) is 5.40. The Morgan fingerprint density at radius 2 is 2.12 bits per heavy atom. The Labute approximate surface area is 110 Å². The van der Waals surface area contributed by atoms with E-state index in [1.54, 1.807) is 12.1 Å². The van der Waals surface area contributed by atoms with Crippen molar-refractivity contribution in [2.75, 3.05) is 6.54 Å². The number of hydrogen-bond donors (Lipinski definition) is 2. The van der Waals surface area contributed by atoms with E-state index in [1.165, 1.54) is 0 Å². The van der Waals surface area contributed by atoms with Crippen LogP contribution in [-0.2, 0) is 6.54 Å². The van der Waals surface area contributed by atoms with Gasteiger partial charge < -0.3 is 10.3 Å². The predicted molar refractivity (Wildman–Crippen MR) is 71.4 cm³/mol. The van der Waals surface area contributed by atoms with Gasteiger partial charge in [-0.15, -0.1) is 0 Å². The summed E-state index contributed by atoms with van der Waals surface area (Å²) in [5.74, 6) is 0.802. The van der Waals surface area contributed by atoms with Gasteiger partial charge in [0.25, 0.3) is 0 Å². The van der Waals surface area contributed by atoms with E-state index in [-0.39, 0.29) is 0 Å². The number of nitrogens with one attached hydrogen (secondary N) is 2. The smallest absolute Gasteiger partial charge is 0.137 e. The van der Waals surface area contributed by atoms with Gasteiger partial charge >= 0.3 is 0 Å². The molecule has 2 aromatic rings. The molecule has 0 aliphatic carbocycles. The molecule has 0 radical (unpaired) electrons. The van der Waals surface area contributed by atoms with Crippen LogP contribution in [0.4, 0.5) is 0 Å². The zero-order valence-corrected chi connectivity index (χ0v) is 10.9. The van der Waals surface area contributed by atoms with E-state index in [4.69, 9.17) is 23.2 Å². The van der Waals surface area contributed by atoms with Crippen LogP contribution in [0.5, 0.6) is 0 Å². The molecule has 2 rings (SSSR count). The maximum absolute atomic E-state index is 5.97. The summed E-state index contributed by atoms with van der Waals surface area (Å²) in [6.45, 7) is 3.78. The molecule has 2 N–H and O–H groups in total. The quantitative estimate of drug-likeness (QED) is 0.892. The Balaban J connectivity index is 2.21. The van der Waals surface area contributed by atoms with E-state index >= 15 is 0 Å². The zero-order valence-electron chi connectivity index (χ0n) is 9.43. The molecule has 1 aromatic heterocycles. The van der Waals surface area contributed by atoms with Gasteiger partial charge in [0.05, 0.1) is 10.0 Å². The van der Waals surface area contributed by atoms with Crippen molar-refractivity contribution in [2.45, 2.75) is 13.5 Å². The Kier molecular flexibility index (Phi) is 4.05. The first-order chi connectivity index (χ1) is 8.20. The summed E-state index contributed by atoms with van der Waals surface area (Å²) in [7, 11) is 0. The molecule has 0 fully saturated rings. The maximum Gasteiger partial charge on any atom is 0.137 e. The maximum atomic E-state index is 5.97. The average Bonchev–Trinajstić information content (AvgIpc) is 2.79. The van der Waals surface area contributed by atoms with Crippen molar-refractivity contribution in [2.24, 2.45) is 0 Å². The molecule has 0 unspecified atom stereocenters. The number of halogens is 2. The summed E-state index contributed by atoms with van der Waals surface area (Å²) in [6.07, 6.45) is 1.82. The minimum absolute atomic E-state index is 0.536. The van der Waals surface area contributed by atoms with Gasteiger partial charge in [0, 0.05) is 24.0 Å². The normalized spacial score (nSPS) is 10.8. The van der Waals surface area contributed by atoms with Crippen LogP contribution in [-0.4, -0.2) is 16.5 Å². The highest BCUT2D eigenvalue weighted by Gasteiger charge is 2.05. The molecule has 3 nitrogen and oxygen atoms in total. The van der Waals surface area contributed by atoms with Gasteiger partial charge in [-0.25, -0.2) is 4.98 Å². The number of aromatic nitrogens is 2. The van der Waals surface area contributed by atoms with Gasteiger partial charge in [0.15, 0.2) is 0 Å². The Bertz CT molecular complexity index is 508. The Morgan fingerprint density at radius 1 is 1.29 bits per heavy atom. The van der Waals surface area contributed by atoms with Crippen LogP contribution in [0.2, 0.25) is 10.0 Å². The second-order valence-electron chi connectivity index (χ2n) is 3.67. The summed E-state index contributed by atoms with van der Waals surface area (Å²) in [5, 5.41) is 4.32. The van der Waals surface area contributed by atoms with Gasteiger partial charge in [-0.2, -0.15) is 0 Å². The highest BCUT2D eigenvalue weighted by Crippen LogP contribution is 2.26. The molecule has 0 atom stereocenters. The molecule has 0 saturated heterocycles. The lowest BCUT2D eigenvalue weighted by molar-refractivity contribution is 0.714. The van der Waals surface area contributed by atoms with E-state index in [0.29, 0.717) is 10.0 Å². The number of benzene rings is 1. The van der Waals surface area contributed by atoms with Crippen LogP contribution in [0.25, 0.3) is 11.4 Å². The van der Waals surface area contributed by atoms with E-state index in [9.17, 15) is 0 Å². The molecule has 90 valence electrons. The molecule has 0 saturated carbocycles. The molecule has 0 spiro atoms. The number of H-pyrrole nitrogens is 1. The summed E-state index contributed by atoms with van der Waals surface area (Å²) in [6, 6.07) is 5.47. The monoisotopic (exact) mass is 269 g/mol. The van der Waals surface area contributed by atoms with Crippen molar-refractivity contribution < 1.29 is 0 Å². The van der Waals surface area contributed by atoms with Gasteiger partial charge in [-0.05, 0) is 24.7 Å². The standard InChI is InChI=1S/C12H13Cl2N3/c1-2-15-6-9-7-16-12(17-9)8-3-4-10(13)11(14)5-8/h3-5,7,15H,2,6H2,1H3,(H,16,17). The van der Waals surface area contributed by atoms with Gasteiger partial charge in [0.1, 0.15) is 5.82 Å². The molecule has 17 heavy (non-hydrogen) atoms. The molecule has 5 heteroatoms. The Hall–Kier alpha value is -1.03. The summed E-state index contributed by atoms with van der Waals surface area (Å²) in [4.78, 5) is 7.55. The number of aromatic amines is 1. The van der Waals surface area contributed by atoms with E-state index < -0.39 is 0 Å². The third-order valence-corrected chi connectivity index (χ3v) is 3.13. The van der Waals surface area contributed by atoms with E-state index in [0.717, 1.165) is 30.2 Å². The van der Waals surface area contributed by atoms with Gasteiger partial charge in [0.2, 0.25) is 0 Å². The summed E-state index contributed by atoms with van der Waals surface area (Å²) in [5.41, 5.74) is 1.98. The fraction of sp³-hybridized carbons (Fsp3) is 0.250. The lowest BCUT2D eigenvalue weighted by atomic mass is 10.2. The molecule has 1 aromatic carbocycles. The van der Waals surface area contributed by atoms with E-state index in [2.05, 4.69) is 22.2 Å². The third kappa shape index (κ3) is 3.00. The largest absolute Gasteiger partial charge is 0.341 e. The number of hydrogen-bond acceptors (Lipinski definition) is 2. The van der Waals surface area contributed by atoms with Crippen molar-refractivity contribution in [3.8, 4) is 11.4 Å². The van der Waals surface area contributed by atoms with Crippen LogP contribution in [0, 0.1) is 0 Å². The molecule has 1 heterocycles. The van der Waals surface area contributed by atoms with Crippen LogP contribution in [0.3, 0.4) is 0 Å². The van der Waals surface area contributed by atoms with Crippen molar-refractivity contribution in [1.29, 1.82) is 0 Å². The Morgan fingerprint density at radius 3 is 2.82 bits per heavy atom. The lowest BCUT2D eigenvalue weighted by Gasteiger charge is -2.00. The molecule has 0 aliphatic heterocycles. The van der Waals surface area contributed by atoms with Crippen molar-refractivity contribution >= 4 is 23.2 Å². The van der Waals surface area contributed by atoms with Crippen LogP contribution in [0.1, 0.15) is 12.6 Å². The predicted octanol–water partition coefficient (Wildman–Crippen LogP) is 3.49. The van der Waals surface area contributed by atoms with Crippen LogP contribution >= 0.6 is 23.2 Å². The zero-order chi connectivity index (χ0) is 12.3. The van der Waals surface area contributed by atoms with Gasteiger partial charge in [-0.3, -0.25) is 0 Å². The molecule has 0 aliphatic rings. The van der Waals surface area contributed by atoms with Crippen molar-refractivity contribution in [1.82, 2.24) is 15.3 Å². The van der Waals surface area contributed by atoms with Crippen LogP contribution < -0.4 is 5.32 Å². The highest BCUT2D eigenvalue weighted by atomic mass is 35.5. The number of rotatable bonds is 4. The average molecular weight is 270 g/mol. The van der Waals surface area contributed by atoms with E-state index in [1.807, 2.05) is 12.3 Å². The minimum Gasteiger partial charge on any atom is -0.341 e. The molecule has 0 amide bonds. The third-order valence-electron chi connectivity index (χ3n) is 2.39. The van der Waals surface area contributed by atoms with Crippen molar-refractivity contribution in [3.63, 3.8) is 0 Å². The number of imidazole rings is 1. The first kappa shape index (κ1) is 12.4. The van der Waals surface area contributed by atoms with Gasteiger partial charge in [-0.1, -0.05) is 30.1 Å². The number of nitrogens with zero attached hydrogens (tertiary/aromatic N) is 1.